The van der Waals surface area contributed by atoms with E-state index in [-0.39, 0.29) is 5.75 Å². The van der Waals surface area contributed by atoms with Gasteiger partial charge in [-0.25, -0.2) is 0 Å². The van der Waals surface area contributed by atoms with Crippen molar-refractivity contribution in [3.63, 3.8) is 0 Å². The molecular formula is C10H13NO2. The van der Waals surface area contributed by atoms with Crippen molar-refractivity contribution in [2.45, 2.75) is 0 Å². The molecule has 70 valence electrons. The summed E-state index contributed by atoms with van der Waals surface area (Å²) < 4.78 is 5.45. The molecule has 0 amide bonds. The van der Waals surface area contributed by atoms with Gasteiger partial charge < -0.3 is 15.2 Å². The molecule has 1 aromatic carbocycles. The molecular weight excluding hydrogens is 166 g/mol. The predicted molar refractivity (Wildman–Crippen MR) is 50.0 cm³/mol. The van der Waals surface area contributed by atoms with Crippen molar-refractivity contribution in [2.75, 3.05) is 19.7 Å². The van der Waals surface area contributed by atoms with Crippen LogP contribution in [0, 0.1) is 5.92 Å². The summed E-state index contributed by atoms with van der Waals surface area (Å²) in [5.41, 5.74) is 0. The maximum Gasteiger partial charge on any atom is 0.160 e. The van der Waals surface area contributed by atoms with Gasteiger partial charge in [0.1, 0.15) is 0 Å². The molecule has 1 fully saturated rings. The van der Waals surface area contributed by atoms with E-state index >= 15 is 0 Å². The summed E-state index contributed by atoms with van der Waals surface area (Å²) in [6.07, 6.45) is 0. The Hall–Kier alpha value is -1.22. The van der Waals surface area contributed by atoms with E-state index in [2.05, 4.69) is 5.32 Å². The Morgan fingerprint density at radius 2 is 2.15 bits per heavy atom. The van der Waals surface area contributed by atoms with Crippen LogP contribution in [0.1, 0.15) is 0 Å². The third-order valence-electron chi connectivity index (χ3n) is 2.21. The Morgan fingerprint density at radius 3 is 2.77 bits per heavy atom. The number of ether oxygens (including phenoxy) is 1. The Bertz CT molecular complexity index is 284. The average Bonchev–Trinajstić information content (AvgIpc) is 2.05. The molecule has 1 saturated heterocycles. The molecule has 0 saturated carbocycles. The molecule has 0 radical (unpaired) electrons. The summed E-state index contributed by atoms with van der Waals surface area (Å²) in [6.45, 7) is 2.73. The lowest BCUT2D eigenvalue weighted by Crippen LogP contribution is -2.45. The Labute approximate surface area is 77.3 Å². The second-order valence-corrected chi connectivity index (χ2v) is 3.30. The highest BCUT2D eigenvalue weighted by molar-refractivity contribution is 5.37. The van der Waals surface area contributed by atoms with Gasteiger partial charge in [0.15, 0.2) is 11.5 Å². The van der Waals surface area contributed by atoms with E-state index in [0.717, 1.165) is 13.1 Å². The Kier molecular flexibility index (Phi) is 2.36. The van der Waals surface area contributed by atoms with E-state index < -0.39 is 0 Å². The van der Waals surface area contributed by atoms with Gasteiger partial charge in [0.25, 0.3) is 0 Å². The molecule has 0 aromatic heterocycles. The van der Waals surface area contributed by atoms with Gasteiger partial charge in [-0.1, -0.05) is 12.1 Å². The number of aromatic hydroxyl groups is 1. The highest BCUT2D eigenvalue weighted by Crippen LogP contribution is 2.24. The topological polar surface area (TPSA) is 41.5 Å². The normalized spacial score (nSPS) is 16.6. The molecule has 2 rings (SSSR count). The van der Waals surface area contributed by atoms with Crippen LogP contribution in [0.15, 0.2) is 24.3 Å². The first-order chi connectivity index (χ1) is 6.36. The van der Waals surface area contributed by atoms with Crippen LogP contribution < -0.4 is 10.1 Å². The predicted octanol–water partition coefficient (Wildman–Crippen LogP) is 0.990. The Morgan fingerprint density at radius 1 is 1.38 bits per heavy atom. The van der Waals surface area contributed by atoms with Crippen molar-refractivity contribution in [1.82, 2.24) is 5.32 Å². The minimum atomic E-state index is 0.217. The second-order valence-electron chi connectivity index (χ2n) is 3.30. The molecule has 1 aliphatic heterocycles. The second kappa shape index (κ2) is 3.66. The number of nitrogens with one attached hydrogen (secondary N) is 1. The molecule has 0 unspecified atom stereocenters. The highest BCUT2D eigenvalue weighted by Gasteiger charge is 2.17. The van der Waals surface area contributed by atoms with Gasteiger partial charge in [-0.3, -0.25) is 0 Å². The van der Waals surface area contributed by atoms with Crippen LogP contribution in [0.3, 0.4) is 0 Å². The smallest absolute Gasteiger partial charge is 0.160 e. The van der Waals surface area contributed by atoms with Crippen molar-refractivity contribution in [1.29, 1.82) is 0 Å². The van der Waals surface area contributed by atoms with Gasteiger partial charge in [0.2, 0.25) is 0 Å². The number of phenolic OH excluding ortho intramolecular Hbond substituents is 1. The summed E-state index contributed by atoms with van der Waals surface area (Å²) in [5.74, 6) is 1.39. The van der Waals surface area contributed by atoms with Crippen LogP contribution in [0.25, 0.3) is 0 Å². The van der Waals surface area contributed by atoms with Gasteiger partial charge in [-0.05, 0) is 12.1 Å². The third kappa shape index (κ3) is 1.92. The number of benzene rings is 1. The first-order valence-corrected chi connectivity index (χ1v) is 4.48. The molecule has 0 aliphatic carbocycles. The van der Waals surface area contributed by atoms with Crippen molar-refractivity contribution >= 4 is 0 Å². The Balaban J connectivity index is 1.89. The summed E-state index contributed by atoms with van der Waals surface area (Å²) in [4.78, 5) is 0. The number of hydrogen-bond donors (Lipinski definition) is 2. The lowest BCUT2D eigenvalue weighted by atomic mass is 10.1. The lowest BCUT2D eigenvalue weighted by Gasteiger charge is -2.26. The summed E-state index contributed by atoms with van der Waals surface area (Å²) in [5, 5.41) is 12.5. The largest absolute Gasteiger partial charge is 0.504 e. The fourth-order valence-electron chi connectivity index (χ4n) is 1.25. The molecule has 3 heteroatoms. The van der Waals surface area contributed by atoms with E-state index in [0.29, 0.717) is 18.3 Å². The van der Waals surface area contributed by atoms with Crippen LogP contribution in [-0.4, -0.2) is 24.8 Å². The van der Waals surface area contributed by atoms with Crippen molar-refractivity contribution in [2.24, 2.45) is 5.92 Å². The van der Waals surface area contributed by atoms with Gasteiger partial charge in [0, 0.05) is 19.0 Å². The number of rotatable bonds is 3. The van der Waals surface area contributed by atoms with Crippen LogP contribution >= 0.6 is 0 Å². The maximum absolute atomic E-state index is 9.37. The number of phenols is 1. The molecule has 0 atom stereocenters. The minimum absolute atomic E-state index is 0.217. The fourth-order valence-corrected chi connectivity index (χ4v) is 1.25. The van der Waals surface area contributed by atoms with Gasteiger partial charge in [-0.15, -0.1) is 0 Å². The van der Waals surface area contributed by atoms with E-state index in [4.69, 9.17) is 4.74 Å². The van der Waals surface area contributed by atoms with Crippen LogP contribution in [0.2, 0.25) is 0 Å². The standard InChI is InChI=1S/C10H13NO2/c12-9-3-1-2-4-10(9)13-7-8-5-11-6-8/h1-4,8,11-12H,5-7H2. The maximum atomic E-state index is 9.37. The third-order valence-corrected chi connectivity index (χ3v) is 2.21. The van der Waals surface area contributed by atoms with E-state index in [1.165, 1.54) is 0 Å². The van der Waals surface area contributed by atoms with Gasteiger partial charge >= 0.3 is 0 Å². The lowest BCUT2D eigenvalue weighted by molar-refractivity contribution is 0.194. The van der Waals surface area contributed by atoms with Gasteiger partial charge in [-0.2, -0.15) is 0 Å². The average molecular weight is 179 g/mol. The number of hydrogen-bond acceptors (Lipinski definition) is 3. The fraction of sp³-hybridized carbons (Fsp3) is 0.400. The monoisotopic (exact) mass is 179 g/mol. The molecule has 2 N–H and O–H groups in total. The first kappa shape index (κ1) is 8.38. The molecule has 0 bridgehead atoms. The molecule has 0 spiro atoms. The first-order valence-electron chi connectivity index (χ1n) is 4.48. The molecule has 13 heavy (non-hydrogen) atoms. The van der Waals surface area contributed by atoms with Crippen molar-refractivity contribution in [3.8, 4) is 11.5 Å². The van der Waals surface area contributed by atoms with E-state index in [1.807, 2.05) is 6.07 Å². The summed E-state index contributed by atoms with van der Waals surface area (Å²) >= 11 is 0. The number of para-hydroxylation sites is 2. The van der Waals surface area contributed by atoms with Crippen molar-refractivity contribution < 1.29 is 9.84 Å². The van der Waals surface area contributed by atoms with E-state index in [9.17, 15) is 5.11 Å². The summed E-state index contributed by atoms with van der Waals surface area (Å²) in [7, 11) is 0. The minimum Gasteiger partial charge on any atom is -0.504 e. The highest BCUT2D eigenvalue weighted by atomic mass is 16.5. The molecule has 1 heterocycles. The van der Waals surface area contributed by atoms with Crippen molar-refractivity contribution in [3.05, 3.63) is 24.3 Å². The SMILES string of the molecule is Oc1ccccc1OCC1CNC1. The van der Waals surface area contributed by atoms with E-state index in [1.54, 1.807) is 18.2 Å². The van der Waals surface area contributed by atoms with Crippen LogP contribution in [-0.2, 0) is 0 Å². The molecule has 3 nitrogen and oxygen atoms in total. The zero-order chi connectivity index (χ0) is 9.10. The zero-order valence-electron chi connectivity index (χ0n) is 7.36. The van der Waals surface area contributed by atoms with Gasteiger partial charge in [0.05, 0.1) is 6.61 Å². The zero-order valence-corrected chi connectivity index (χ0v) is 7.36. The molecule has 1 aromatic rings. The summed E-state index contributed by atoms with van der Waals surface area (Å²) in [6, 6.07) is 7.05. The molecule has 1 aliphatic rings. The quantitative estimate of drug-likeness (QED) is 0.727. The van der Waals surface area contributed by atoms with Crippen LogP contribution in [0.4, 0.5) is 0 Å². The van der Waals surface area contributed by atoms with Crippen LogP contribution in [0.5, 0.6) is 11.5 Å².